The molecule has 2 aromatic rings. The van der Waals surface area contributed by atoms with Gasteiger partial charge >= 0.3 is 0 Å². The number of carbonyl (C=O) groups is 1. The van der Waals surface area contributed by atoms with E-state index in [0.717, 1.165) is 27.8 Å². The highest BCUT2D eigenvalue weighted by Gasteiger charge is 2.09. The largest absolute Gasteiger partial charge is 0.373 e. The second kappa shape index (κ2) is 7.27. The van der Waals surface area contributed by atoms with E-state index in [2.05, 4.69) is 38.3 Å². The lowest BCUT2D eigenvalue weighted by molar-refractivity contribution is 0.0954. The van der Waals surface area contributed by atoms with Gasteiger partial charge in [-0.05, 0) is 42.8 Å². The Hall–Kier alpha value is -1.81. The summed E-state index contributed by atoms with van der Waals surface area (Å²) in [5.74, 6) is -0.0264. The lowest BCUT2D eigenvalue weighted by atomic mass is 10.1. The van der Waals surface area contributed by atoms with Crippen LogP contribution in [0.25, 0.3) is 0 Å². The van der Waals surface area contributed by atoms with Crippen molar-refractivity contribution in [3.8, 4) is 0 Å². The number of rotatable bonds is 5. The molecular formula is C17H19BrN2O. The average molecular weight is 347 g/mol. The highest BCUT2D eigenvalue weighted by Crippen LogP contribution is 2.15. The lowest BCUT2D eigenvalue weighted by Gasteiger charge is -2.19. The Morgan fingerprint density at radius 1 is 1.19 bits per heavy atom. The first-order chi connectivity index (χ1) is 10.1. The van der Waals surface area contributed by atoms with Crippen LogP contribution in [0.15, 0.2) is 53.0 Å². The molecule has 0 atom stereocenters. The topological polar surface area (TPSA) is 32.3 Å². The molecule has 0 heterocycles. The Balaban J connectivity index is 1.87. The van der Waals surface area contributed by atoms with Crippen molar-refractivity contribution in [2.75, 3.05) is 25.0 Å². The maximum Gasteiger partial charge on any atom is 0.251 e. The van der Waals surface area contributed by atoms with Crippen LogP contribution in [0.2, 0.25) is 0 Å². The molecule has 0 aliphatic heterocycles. The van der Waals surface area contributed by atoms with E-state index in [0.29, 0.717) is 6.54 Å². The van der Waals surface area contributed by atoms with Crippen molar-refractivity contribution in [2.45, 2.75) is 6.92 Å². The Bertz CT molecular complexity index is 613. The SMILES string of the molecule is Cc1cc(Br)ccc1C(=O)NCCN(C)c1ccccc1. The van der Waals surface area contributed by atoms with Crippen LogP contribution in [-0.4, -0.2) is 26.0 Å². The number of anilines is 1. The molecule has 2 aromatic carbocycles. The van der Waals surface area contributed by atoms with Crippen LogP contribution in [0, 0.1) is 6.92 Å². The number of nitrogens with zero attached hydrogens (tertiary/aromatic N) is 1. The second-order valence-electron chi connectivity index (χ2n) is 4.97. The van der Waals surface area contributed by atoms with E-state index >= 15 is 0 Å². The van der Waals surface area contributed by atoms with Gasteiger partial charge in [0.15, 0.2) is 0 Å². The standard InChI is InChI=1S/C17H19BrN2O/c1-13-12-14(18)8-9-16(13)17(21)19-10-11-20(2)15-6-4-3-5-7-15/h3-9,12H,10-11H2,1-2H3,(H,19,21). The summed E-state index contributed by atoms with van der Waals surface area (Å²) in [4.78, 5) is 14.3. The molecular weight excluding hydrogens is 328 g/mol. The Labute approximate surface area is 134 Å². The second-order valence-corrected chi connectivity index (χ2v) is 5.89. The lowest BCUT2D eigenvalue weighted by Crippen LogP contribution is -2.33. The predicted molar refractivity (Wildman–Crippen MR) is 90.9 cm³/mol. The van der Waals surface area contributed by atoms with Crippen molar-refractivity contribution >= 4 is 27.5 Å². The van der Waals surface area contributed by atoms with Gasteiger partial charge in [0.2, 0.25) is 0 Å². The molecule has 0 radical (unpaired) electrons. The predicted octanol–water partition coefficient (Wildman–Crippen LogP) is 3.62. The molecule has 0 unspecified atom stereocenters. The molecule has 0 bridgehead atoms. The Morgan fingerprint density at radius 3 is 2.57 bits per heavy atom. The third-order valence-corrected chi connectivity index (χ3v) is 3.86. The fraction of sp³-hybridized carbons (Fsp3) is 0.235. The summed E-state index contributed by atoms with van der Waals surface area (Å²) in [5.41, 5.74) is 2.84. The van der Waals surface area contributed by atoms with Crippen LogP contribution >= 0.6 is 15.9 Å². The van der Waals surface area contributed by atoms with E-state index in [4.69, 9.17) is 0 Å². The summed E-state index contributed by atoms with van der Waals surface area (Å²) in [6.45, 7) is 3.32. The van der Waals surface area contributed by atoms with Crippen molar-refractivity contribution in [1.82, 2.24) is 5.32 Å². The first-order valence-electron chi connectivity index (χ1n) is 6.88. The minimum atomic E-state index is -0.0264. The van der Waals surface area contributed by atoms with Crippen molar-refractivity contribution < 1.29 is 4.79 Å². The molecule has 0 saturated carbocycles. The van der Waals surface area contributed by atoms with Gasteiger partial charge < -0.3 is 10.2 Å². The molecule has 1 amide bonds. The molecule has 0 spiro atoms. The van der Waals surface area contributed by atoms with Crippen molar-refractivity contribution in [3.63, 3.8) is 0 Å². The average Bonchev–Trinajstić information content (AvgIpc) is 2.47. The zero-order valence-electron chi connectivity index (χ0n) is 12.3. The number of likely N-dealkylation sites (N-methyl/N-ethyl adjacent to an activating group) is 1. The number of benzene rings is 2. The van der Waals surface area contributed by atoms with Crippen LogP contribution in [0.1, 0.15) is 15.9 Å². The summed E-state index contributed by atoms with van der Waals surface area (Å²) >= 11 is 3.40. The number of nitrogens with one attached hydrogen (secondary N) is 1. The summed E-state index contributed by atoms with van der Waals surface area (Å²) in [6.07, 6.45) is 0. The molecule has 0 aromatic heterocycles. The number of hydrogen-bond donors (Lipinski definition) is 1. The zero-order chi connectivity index (χ0) is 15.2. The van der Waals surface area contributed by atoms with E-state index in [1.54, 1.807) is 0 Å². The fourth-order valence-corrected chi connectivity index (χ4v) is 2.60. The highest BCUT2D eigenvalue weighted by molar-refractivity contribution is 9.10. The normalized spacial score (nSPS) is 10.2. The van der Waals surface area contributed by atoms with Crippen LogP contribution in [-0.2, 0) is 0 Å². The summed E-state index contributed by atoms with van der Waals surface area (Å²) in [6, 6.07) is 15.8. The van der Waals surface area contributed by atoms with Gasteiger partial charge in [0.05, 0.1) is 0 Å². The molecule has 2 rings (SSSR count). The molecule has 110 valence electrons. The number of hydrogen-bond acceptors (Lipinski definition) is 2. The van der Waals surface area contributed by atoms with Crippen molar-refractivity contribution in [2.24, 2.45) is 0 Å². The van der Waals surface area contributed by atoms with Crippen LogP contribution in [0.5, 0.6) is 0 Å². The molecule has 21 heavy (non-hydrogen) atoms. The Kier molecular flexibility index (Phi) is 5.39. The summed E-state index contributed by atoms with van der Waals surface area (Å²) in [7, 11) is 2.02. The van der Waals surface area contributed by atoms with E-state index in [9.17, 15) is 4.79 Å². The monoisotopic (exact) mass is 346 g/mol. The molecule has 4 heteroatoms. The smallest absolute Gasteiger partial charge is 0.251 e. The summed E-state index contributed by atoms with van der Waals surface area (Å²) < 4.78 is 0.986. The van der Waals surface area contributed by atoms with Crippen LogP contribution in [0.3, 0.4) is 0 Å². The fourth-order valence-electron chi connectivity index (χ4n) is 2.13. The van der Waals surface area contributed by atoms with Gasteiger partial charge in [0.1, 0.15) is 0 Å². The van der Waals surface area contributed by atoms with Gasteiger partial charge in [-0.15, -0.1) is 0 Å². The third-order valence-electron chi connectivity index (χ3n) is 3.36. The van der Waals surface area contributed by atoms with Crippen LogP contribution < -0.4 is 10.2 Å². The number of carbonyl (C=O) groups excluding carboxylic acids is 1. The van der Waals surface area contributed by atoms with Gasteiger partial charge in [0.25, 0.3) is 5.91 Å². The Morgan fingerprint density at radius 2 is 1.90 bits per heavy atom. The number of aryl methyl sites for hydroxylation is 1. The summed E-state index contributed by atoms with van der Waals surface area (Å²) in [5, 5.41) is 2.96. The van der Waals surface area contributed by atoms with Gasteiger partial charge in [-0.3, -0.25) is 4.79 Å². The van der Waals surface area contributed by atoms with E-state index in [-0.39, 0.29) is 5.91 Å². The van der Waals surface area contributed by atoms with Gasteiger partial charge in [-0.2, -0.15) is 0 Å². The van der Waals surface area contributed by atoms with E-state index in [1.807, 2.05) is 50.4 Å². The first-order valence-corrected chi connectivity index (χ1v) is 7.68. The zero-order valence-corrected chi connectivity index (χ0v) is 13.9. The van der Waals surface area contributed by atoms with Crippen molar-refractivity contribution in [1.29, 1.82) is 0 Å². The molecule has 3 nitrogen and oxygen atoms in total. The third kappa shape index (κ3) is 4.33. The first kappa shape index (κ1) is 15.6. The maximum atomic E-state index is 12.1. The molecule has 0 aliphatic rings. The van der Waals surface area contributed by atoms with E-state index < -0.39 is 0 Å². The van der Waals surface area contributed by atoms with Crippen LogP contribution in [0.4, 0.5) is 5.69 Å². The minimum absolute atomic E-state index is 0.0264. The van der Waals surface area contributed by atoms with Gasteiger partial charge in [-0.25, -0.2) is 0 Å². The quantitative estimate of drug-likeness (QED) is 0.896. The number of halogens is 1. The molecule has 0 aliphatic carbocycles. The van der Waals surface area contributed by atoms with Crippen molar-refractivity contribution in [3.05, 3.63) is 64.1 Å². The number of para-hydroxylation sites is 1. The molecule has 1 N–H and O–H groups in total. The number of amides is 1. The highest BCUT2D eigenvalue weighted by atomic mass is 79.9. The molecule has 0 saturated heterocycles. The minimum Gasteiger partial charge on any atom is -0.373 e. The maximum absolute atomic E-state index is 12.1. The van der Waals surface area contributed by atoms with Gasteiger partial charge in [0, 0.05) is 35.9 Å². The van der Waals surface area contributed by atoms with Gasteiger partial charge in [-0.1, -0.05) is 34.1 Å². The molecule has 0 fully saturated rings. The van der Waals surface area contributed by atoms with E-state index in [1.165, 1.54) is 0 Å².